The zero-order chi connectivity index (χ0) is 25.2. The number of pyridine rings is 1. The van der Waals surface area contributed by atoms with Crippen molar-refractivity contribution < 1.29 is 13.2 Å². The van der Waals surface area contributed by atoms with Crippen LogP contribution >= 0.6 is 11.3 Å². The summed E-state index contributed by atoms with van der Waals surface area (Å²) in [5.41, 5.74) is 2.19. The van der Waals surface area contributed by atoms with Gasteiger partial charge in [-0.2, -0.15) is 0 Å². The Balaban J connectivity index is 1.49. The van der Waals surface area contributed by atoms with E-state index in [1.807, 2.05) is 37.6 Å². The lowest BCUT2D eigenvalue weighted by Crippen LogP contribution is -2.42. The van der Waals surface area contributed by atoms with Crippen LogP contribution in [0.25, 0.3) is 11.3 Å². The van der Waals surface area contributed by atoms with E-state index in [-0.39, 0.29) is 11.0 Å². The summed E-state index contributed by atoms with van der Waals surface area (Å²) in [5.74, 6) is 1.50. The maximum absolute atomic E-state index is 11.8. The van der Waals surface area contributed by atoms with Crippen LogP contribution in [0.1, 0.15) is 26.7 Å². The molecule has 9 nitrogen and oxygen atoms in total. The number of nitrogens with one attached hydrogen (secondary N) is 1. The average molecular weight is 517 g/mol. The third kappa shape index (κ3) is 6.29. The van der Waals surface area contributed by atoms with Crippen LogP contribution in [0.15, 0.2) is 46.8 Å². The smallest absolute Gasteiger partial charge is 0.238 e. The third-order valence-corrected chi connectivity index (χ3v) is 7.62. The molecule has 188 valence electrons. The molecule has 11 heteroatoms. The van der Waals surface area contributed by atoms with Crippen LogP contribution in [-0.4, -0.2) is 62.6 Å². The van der Waals surface area contributed by atoms with E-state index in [4.69, 9.17) is 9.88 Å². The highest BCUT2D eigenvalue weighted by Crippen LogP contribution is 2.34. The van der Waals surface area contributed by atoms with Crippen LogP contribution < -0.4 is 20.1 Å². The molecule has 1 aliphatic heterocycles. The number of primary sulfonamides is 1. The number of nitrogens with zero attached hydrogens (tertiary/aromatic N) is 4. The Morgan fingerprint density at radius 3 is 2.54 bits per heavy atom. The van der Waals surface area contributed by atoms with Crippen LogP contribution in [0.4, 0.5) is 16.6 Å². The van der Waals surface area contributed by atoms with E-state index in [0.29, 0.717) is 22.6 Å². The lowest BCUT2D eigenvalue weighted by molar-refractivity contribution is 0.243. The molecule has 3 heterocycles. The Bertz CT molecular complexity index is 1250. The molecule has 1 saturated heterocycles. The average Bonchev–Trinajstić information content (AvgIpc) is 3.28. The molecule has 0 spiro atoms. The normalized spacial score (nSPS) is 15.1. The molecule has 4 rings (SSSR count). The van der Waals surface area contributed by atoms with Crippen LogP contribution in [0, 0.1) is 0 Å². The molecule has 1 aliphatic rings. The standard InChI is InChI=1S/C24H32N6O3S2/c1-16(2)33-22-7-6-19(35(25,31)32)13-20(22)27-24-28-21(15-34-24)17-5-8-23(26-14-17)30-11-9-18(10-12-30)29(3)4/h5-8,13-16,18H,9-12H2,1-4H3,(H,27,28)(H2,25,31,32). The second kappa shape index (κ2) is 10.5. The molecule has 0 bridgehead atoms. The molecule has 0 atom stereocenters. The summed E-state index contributed by atoms with van der Waals surface area (Å²) in [6, 6.07) is 9.20. The molecule has 3 N–H and O–H groups in total. The van der Waals surface area contributed by atoms with Gasteiger partial charge in [0.15, 0.2) is 5.13 Å². The summed E-state index contributed by atoms with van der Waals surface area (Å²) >= 11 is 1.41. The van der Waals surface area contributed by atoms with Gasteiger partial charge in [-0.1, -0.05) is 0 Å². The maximum Gasteiger partial charge on any atom is 0.238 e. The zero-order valence-corrected chi connectivity index (χ0v) is 22.1. The van der Waals surface area contributed by atoms with E-state index in [2.05, 4.69) is 39.2 Å². The predicted molar refractivity (Wildman–Crippen MR) is 141 cm³/mol. The topological polar surface area (TPSA) is 114 Å². The van der Waals surface area contributed by atoms with E-state index < -0.39 is 10.0 Å². The number of nitrogens with two attached hydrogens (primary N) is 1. The van der Waals surface area contributed by atoms with Crippen LogP contribution in [-0.2, 0) is 10.0 Å². The van der Waals surface area contributed by atoms with E-state index in [0.717, 1.165) is 43.0 Å². The number of rotatable bonds is 8. The van der Waals surface area contributed by atoms with Crippen LogP contribution in [0.2, 0.25) is 0 Å². The molecule has 0 aliphatic carbocycles. The Morgan fingerprint density at radius 1 is 1.20 bits per heavy atom. The molecular weight excluding hydrogens is 484 g/mol. The Hall–Kier alpha value is -2.73. The molecule has 1 aromatic carbocycles. The molecule has 3 aromatic rings. The van der Waals surface area contributed by atoms with Gasteiger partial charge in [-0.25, -0.2) is 23.5 Å². The van der Waals surface area contributed by atoms with Gasteiger partial charge in [-0.15, -0.1) is 11.3 Å². The molecule has 0 unspecified atom stereocenters. The van der Waals surface area contributed by atoms with Gasteiger partial charge in [-0.3, -0.25) is 0 Å². The first-order chi connectivity index (χ1) is 16.6. The number of aromatic nitrogens is 2. The lowest BCUT2D eigenvalue weighted by Gasteiger charge is -2.35. The van der Waals surface area contributed by atoms with E-state index >= 15 is 0 Å². The number of hydrogen-bond acceptors (Lipinski definition) is 9. The fourth-order valence-corrected chi connectivity index (χ4v) is 5.33. The first-order valence-electron chi connectivity index (χ1n) is 11.5. The number of benzene rings is 1. The number of piperidine rings is 1. The minimum atomic E-state index is -3.85. The van der Waals surface area contributed by atoms with Crippen molar-refractivity contribution in [2.45, 2.75) is 43.7 Å². The SMILES string of the molecule is CC(C)Oc1ccc(S(N)(=O)=O)cc1Nc1nc(-c2ccc(N3CCC(N(C)C)CC3)nc2)cs1. The first-order valence-corrected chi connectivity index (χ1v) is 14.0. The van der Waals surface area contributed by atoms with E-state index in [9.17, 15) is 8.42 Å². The molecule has 0 saturated carbocycles. The molecule has 0 amide bonds. The van der Waals surface area contributed by atoms with Crippen molar-refractivity contribution in [3.05, 3.63) is 41.9 Å². The molecular formula is C24H32N6O3S2. The highest BCUT2D eigenvalue weighted by Gasteiger charge is 2.21. The third-order valence-electron chi connectivity index (χ3n) is 5.95. The highest BCUT2D eigenvalue weighted by molar-refractivity contribution is 7.89. The Labute approximate surface area is 211 Å². The Morgan fingerprint density at radius 2 is 1.94 bits per heavy atom. The lowest BCUT2D eigenvalue weighted by atomic mass is 10.0. The number of sulfonamides is 1. The summed E-state index contributed by atoms with van der Waals surface area (Å²) in [7, 11) is 0.428. The van der Waals surface area contributed by atoms with Gasteiger partial charge < -0.3 is 19.9 Å². The molecule has 2 aromatic heterocycles. The number of anilines is 3. The number of hydrogen-bond donors (Lipinski definition) is 2. The van der Waals surface area contributed by atoms with Gasteiger partial charge in [0.2, 0.25) is 10.0 Å². The van der Waals surface area contributed by atoms with Crippen molar-refractivity contribution in [3.8, 4) is 17.0 Å². The molecule has 35 heavy (non-hydrogen) atoms. The van der Waals surface area contributed by atoms with Gasteiger partial charge >= 0.3 is 0 Å². The van der Waals surface area contributed by atoms with Gasteiger partial charge in [0, 0.05) is 36.3 Å². The van der Waals surface area contributed by atoms with Gasteiger partial charge in [0.1, 0.15) is 11.6 Å². The minimum absolute atomic E-state index is 0.00212. The van der Waals surface area contributed by atoms with Crippen molar-refractivity contribution in [3.63, 3.8) is 0 Å². The summed E-state index contributed by atoms with van der Waals surface area (Å²) < 4.78 is 29.5. The number of ether oxygens (including phenoxy) is 1. The monoisotopic (exact) mass is 516 g/mol. The maximum atomic E-state index is 11.8. The molecule has 0 radical (unpaired) electrons. The van der Waals surface area contributed by atoms with Gasteiger partial charge in [0.05, 0.1) is 22.4 Å². The zero-order valence-electron chi connectivity index (χ0n) is 20.4. The van der Waals surface area contributed by atoms with E-state index in [1.54, 1.807) is 6.07 Å². The van der Waals surface area contributed by atoms with Gasteiger partial charge in [-0.05, 0) is 71.1 Å². The minimum Gasteiger partial charge on any atom is -0.489 e. The van der Waals surface area contributed by atoms with Crippen LogP contribution in [0.5, 0.6) is 5.75 Å². The predicted octanol–water partition coefficient (Wildman–Crippen LogP) is 3.91. The fraction of sp³-hybridized carbons (Fsp3) is 0.417. The van der Waals surface area contributed by atoms with Gasteiger partial charge in [0.25, 0.3) is 0 Å². The second-order valence-electron chi connectivity index (χ2n) is 9.12. The molecule has 1 fully saturated rings. The summed E-state index contributed by atoms with van der Waals surface area (Å²) in [6.45, 7) is 5.80. The first kappa shape index (κ1) is 25.4. The van der Waals surface area contributed by atoms with Crippen LogP contribution in [0.3, 0.4) is 0 Å². The Kier molecular flexibility index (Phi) is 7.60. The summed E-state index contributed by atoms with van der Waals surface area (Å²) in [4.78, 5) is 14.0. The quantitative estimate of drug-likeness (QED) is 0.463. The summed E-state index contributed by atoms with van der Waals surface area (Å²) in [5, 5.41) is 11.0. The fourth-order valence-electron chi connectivity index (χ4n) is 4.06. The van der Waals surface area contributed by atoms with Crippen molar-refractivity contribution in [2.75, 3.05) is 37.4 Å². The number of thiazole rings is 1. The van der Waals surface area contributed by atoms with Crippen molar-refractivity contribution in [1.29, 1.82) is 0 Å². The van der Waals surface area contributed by atoms with E-state index in [1.165, 1.54) is 23.5 Å². The largest absolute Gasteiger partial charge is 0.489 e. The highest BCUT2D eigenvalue weighted by atomic mass is 32.2. The second-order valence-corrected chi connectivity index (χ2v) is 11.5. The van der Waals surface area contributed by atoms with Crippen molar-refractivity contribution in [2.24, 2.45) is 5.14 Å². The van der Waals surface area contributed by atoms with Crippen molar-refractivity contribution >= 4 is 38.0 Å². The summed E-state index contributed by atoms with van der Waals surface area (Å²) in [6.07, 6.45) is 4.03. The van der Waals surface area contributed by atoms with Crippen molar-refractivity contribution in [1.82, 2.24) is 14.9 Å².